The molecule has 168 valence electrons. The summed E-state index contributed by atoms with van der Waals surface area (Å²) in [4.78, 5) is 13.4. The average Bonchev–Trinajstić information content (AvgIpc) is 2.84. The lowest BCUT2D eigenvalue weighted by Crippen LogP contribution is -2.15. The Morgan fingerprint density at radius 1 is 0.970 bits per heavy atom. The van der Waals surface area contributed by atoms with Gasteiger partial charge in [0.15, 0.2) is 11.5 Å². The van der Waals surface area contributed by atoms with Crippen molar-refractivity contribution in [2.75, 3.05) is 13.2 Å². The molecule has 0 saturated heterocycles. The predicted octanol–water partition coefficient (Wildman–Crippen LogP) is 6.53. The Balaban J connectivity index is 1.51. The molecule has 2 heterocycles. The topological polar surface area (TPSA) is 57.9 Å². The minimum absolute atomic E-state index is 0.0789. The van der Waals surface area contributed by atoms with Crippen molar-refractivity contribution in [1.82, 2.24) is 0 Å². The summed E-state index contributed by atoms with van der Waals surface area (Å²) in [5.41, 5.74) is 3.72. The quantitative estimate of drug-likeness (QED) is 0.297. The second kappa shape index (κ2) is 9.32. The Morgan fingerprint density at radius 2 is 1.76 bits per heavy atom. The van der Waals surface area contributed by atoms with Crippen molar-refractivity contribution < 1.29 is 18.6 Å². The number of rotatable bonds is 6. The van der Waals surface area contributed by atoms with Crippen molar-refractivity contribution in [3.05, 3.63) is 86.7 Å². The van der Waals surface area contributed by atoms with E-state index in [1.165, 1.54) is 6.26 Å². The molecule has 5 nitrogen and oxygen atoms in total. The van der Waals surface area contributed by atoms with Crippen LogP contribution in [0.3, 0.4) is 0 Å². The van der Waals surface area contributed by atoms with Gasteiger partial charge in [-0.1, -0.05) is 47.5 Å². The van der Waals surface area contributed by atoms with Gasteiger partial charge in [-0.2, -0.15) is 0 Å². The highest BCUT2D eigenvalue weighted by molar-refractivity contribution is 9.10. The molecule has 0 unspecified atom stereocenters. The summed E-state index contributed by atoms with van der Waals surface area (Å²) in [6, 6.07) is 17.3. The van der Waals surface area contributed by atoms with E-state index in [0.29, 0.717) is 47.9 Å². The first-order chi connectivity index (χ1) is 16.1. The molecule has 1 aliphatic heterocycles. The molecule has 5 rings (SSSR count). The summed E-state index contributed by atoms with van der Waals surface area (Å²) in [7, 11) is 0. The molecule has 3 aromatic carbocycles. The van der Waals surface area contributed by atoms with Crippen molar-refractivity contribution in [2.45, 2.75) is 26.4 Å². The van der Waals surface area contributed by atoms with Crippen molar-refractivity contribution in [2.24, 2.45) is 0 Å². The van der Waals surface area contributed by atoms with Crippen LogP contribution < -0.4 is 19.6 Å². The van der Waals surface area contributed by atoms with E-state index in [1.807, 2.05) is 54.6 Å². The number of benzene rings is 3. The maximum atomic E-state index is 13.4. The van der Waals surface area contributed by atoms with Crippen LogP contribution in [0.25, 0.3) is 22.1 Å². The van der Waals surface area contributed by atoms with E-state index in [1.54, 1.807) is 0 Å². The van der Waals surface area contributed by atoms with Gasteiger partial charge in [0.25, 0.3) is 0 Å². The van der Waals surface area contributed by atoms with Crippen LogP contribution in [0, 0.1) is 0 Å². The van der Waals surface area contributed by atoms with Gasteiger partial charge in [-0.15, -0.1) is 0 Å². The number of hydrogen-bond donors (Lipinski definition) is 0. The Hall–Kier alpha value is -3.25. The minimum Gasteiger partial charge on any atom is -0.488 e. The molecule has 0 fully saturated rings. The smallest absolute Gasteiger partial charge is 0.200 e. The zero-order valence-corrected chi connectivity index (χ0v) is 19.8. The fourth-order valence-electron chi connectivity index (χ4n) is 3.95. The Bertz CT molecular complexity index is 1360. The molecule has 0 amide bonds. The molecular weight excluding hydrogens is 484 g/mol. The van der Waals surface area contributed by atoms with E-state index in [9.17, 15) is 4.79 Å². The third-order valence-corrected chi connectivity index (χ3v) is 6.16. The molecule has 0 saturated carbocycles. The van der Waals surface area contributed by atoms with Gasteiger partial charge in [-0.3, -0.25) is 4.79 Å². The summed E-state index contributed by atoms with van der Waals surface area (Å²) >= 11 is 3.45. The van der Waals surface area contributed by atoms with Gasteiger partial charge in [-0.25, -0.2) is 0 Å². The molecule has 0 aliphatic carbocycles. The number of hydrogen-bond acceptors (Lipinski definition) is 5. The van der Waals surface area contributed by atoms with Crippen LogP contribution in [0.2, 0.25) is 0 Å². The Kier molecular flexibility index (Phi) is 6.09. The fraction of sp³-hybridized carbons (Fsp3) is 0.222. The maximum Gasteiger partial charge on any atom is 0.200 e. The molecule has 0 radical (unpaired) electrons. The Labute approximate surface area is 200 Å². The van der Waals surface area contributed by atoms with Gasteiger partial charge >= 0.3 is 0 Å². The van der Waals surface area contributed by atoms with E-state index in [-0.39, 0.29) is 5.43 Å². The molecule has 0 N–H and O–H groups in total. The van der Waals surface area contributed by atoms with Crippen LogP contribution in [-0.4, -0.2) is 13.2 Å². The lowest BCUT2D eigenvalue weighted by atomic mass is 10.0. The van der Waals surface area contributed by atoms with Crippen molar-refractivity contribution in [3.8, 4) is 28.4 Å². The number of fused-ring (bicyclic) bond motifs is 2. The van der Waals surface area contributed by atoms with Crippen molar-refractivity contribution >= 4 is 26.9 Å². The monoisotopic (exact) mass is 506 g/mol. The number of aryl methyl sites for hydroxylation is 1. The first kappa shape index (κ1) is 21.6. The molecule has 1 aliphatic rings. The number of halogens is 1. The van der Waals surface area contributed by atoms with E-state index >= 15 is 0 Å². The van der Waals surface area contributed by atoms with Gasteiger partial charge in [0, 0.05) is 10.5 Å². The molecule has 0 bridgehead atoms. The van der Waals surface area contributed by atoms with Crippen molar-refractivity contribution in [3.63, 3.8) is 0 Å². The lowest BCUT2D eigenvalue weighted by molar-refractivity contribution is 0.171. The molecular formula is C27H23BrO5. The van der Waals surface area contributed by atoms with Gasteiger partial charge in [0.05, 0.1) is 10.9 Å². The van der Waals surface area contributed by atoms with Crippen LogP contribution in [0.1, 0.15) is 24.5 Å². The SMILES string of the molecule is CCCc1cc2c(=O)c(-c3ccc4c(c3)OCCO4)coc2cc1OCc1ccc(Br)cc1. The minimum atomic E-state index is -0.0789. The summed E-state index contributed by atoms with van der Waals surface area (Å²) in [5.74, 6) is 2.07. The molecule has 33 heavy (non-hydrogen) atoms. The summed E-state index contributed by atoms with van der Waals surface area (Å²) < 4.78 is 24.3. The van der Waals surface area contributed by atoms with E-state index in [0.717, 1.165) is 39.8 Å². The highest BCUT2D eigenvalue weighted by atomic mass is 79.9. The maximum absolute atomic E-state index is 13.4. The van der Waals surface area contributed by atoms with E-state index in [2.05, 4.69) is 22.9 Å². The van der Waals surface area contributed by atoms with Crippen LogP contribution in [0.15, 0.2) is 74.5 Å². The van der Waals surface area contributed by atoms with Gasteiger partial charge in [-0.05, 0) is 53.4 Å². The van der Waals surface area contributed by atoms with Crippen LogP contribution in [-0.2, 0) is 13.0 Å². The van der Waals surface area contributed by atoms with Crippen molar-refractivity contribution in [1.29, 1.82) is 0 Å². The van der Waals surface area contributed by atoms with Gasteiger partial charge < -0.3 is 18.6 Å². The second-order valence-corrected chi connectivity index (χ2v) is 8.87. The molecule has 6 heteroatoms. The molecule has 0 spiro atoms. The van der Waals surface area contributed by atoms with E-state index in [4.69, 9.17) is 18.6 Å². The normalized spacial score (nSPS) is 12.7. The van der Waals surface area contributed by atoms with Gasteiger partial charge in [0.1, 0.15) is 37.4 Å². The predicted molar refractivity (Wildman–Crippen MR) is 131 cm³/mol. The number of ether oxygens (including phenoxy) is 3. The highest BCUT2D eigenvalue weighted by Gasteiger charge is 2.17. The third-order valence-electron chi connectivity index (χ3n) is 5.64. The third kappa shape index (κ3) is 4.48. The highest BCUT2D eigenvalue weighted by Crippen LogP contribution is 2.35. The largest absolute Gasteiger partial charge is 0.488 e. The molecule has 1 aromatic heterocycles. The van der Waals surface area contributed by atoms with Crippen LogP contribution in [0.4, 0.5) is 0 Å². The zero-order valence-electron chi connectivity index (χ0n) is 18.2. The van der Waals surface area contributed by atoms with Crippen LogP contribution in [0.5, 0.6) is 17.2 Å². The lowest BCUT2D eigenvalue weighted by Gasteiger charge is -2.18. The van der Waals surface area contributed by atoms with Gasteiger partial charge in [0.2, 0.25) is 5.43 Å². The second-order valence-electron chi connectivity index (χ2n) is 7.96. The summed E-state index contributed by atoms with van der Waals surface area (Å²) in [5, 5.41) is 0.543. The molecule has 4 aromatic rings. The average molecular weight is 507 g/mol. The summed E-state index contributed by atoms with van der Waals surface area (Å²) in [6.07, 6.45) is 3.25. The Morgan fingerprint density at radius 3 is 2.55 bits per heavy atom. The first-order valence-corrected chi connectivity index (χ1v) is 11.8. The van der Waals surface area contributed by atoms with Crippen LogP contribution >= 0.6 is 15.9 Å². The summed E-state index contributed by atoms with van der Waals surface area (Å²) in [6.45, 7) is 3.56. The standard InChI is InChI=1S/C27H23BrO5/c1-2-3-19-12-21-25(14-24(19)32-15-17-4-7-20(28)8-5-17)33-16-22(27(21)29)18-6-9-23-26(13-18)31-11-10-30-23/h4-9,12-14,16H,2-3,10-11,15H2,1H3. The van der Waals surface area contributed by atoms with E-state index < -0.39 is 0 Å². The first-order valence-electron chi connectivity index (χ1n) is 11.0. The molecule has 0 atom stereocenters. The fourth-order valence-corrected chi connectivity index (χ4v) is 4.22. The zero-order chi connectivity index (χ0) is 22.8.